The van der Waals surface area contributed by atoms with Crippen LogP contribution in [-0.4, -0.2) is 31.6 Å². The third-order valence-corrected chi connectivity index (χ3v) is 5.79. The molecule has 0 heterocycles. The van der Waals surface area contributed by atoms with Crippen molar-refractivity contribution in [2.24, 2.45) is 0 Å². The van der Waals surface area contributed by atoms with Crippen LogP contribution in [0.25, 0.3) is 0 Å². The molecule has 2 fully saturated rings. The van der Waals surface area contributed by atoms with Crippen LogP contribution in [0.1, 0.15) is 65.2 Å². The SMILES string of the molecule is CC1(Cl)CCCCC1/[N+]([O-])=[N+](\[O-])C1CCCCC1(C)Cl. The Bertz CT molecular complexity index is 361. The number of rotatable bonds is 2. The van der Waals surface area contributed by atoms with Gasteiger partial charge in [-0.25, -0.2) is 0 Å². The molecule has 116 valence electrons. The average Bonchev–Trinajstić information content (AvgIpc) is 2.36. The molecular formula is C14H24Cl2N2O2. The second-order valence-corrected chi connectivity index (χ2v) is 8.41. The van der Waals surface area contributed by atoms with Gasteiger partial charge < -0.3 is 10.4 Å². The third kappa shape index (κ3) is 3.16. The normalized spacial score (nSPS) is 44.0. The minimum absolute atomic E-state index is 0.454. The number of hydrogen-bond donors (Lipinski definition) is 0. The molecule has 2 aliphatic rings. The molecule has 4 unspecified atom stereocenters. The van der Waals surface area contributed by atoms with E-state index < -0.39 is 21.8 Å². The second-order valence-electron chi connectivity index (χ2n) is 6.68. The zero-order valence-electron chi connectivity index (χ0n) is 12.3. The van der Waals surface area contributed by atoms with Gasteiger partial charge in [0, 0.05) is 22.6 Å². The minimum atomic E-state index is -0.625. The molecule has 6 heteroatoms. The molecule has 20 heavy (non-hydrogen) atoms. The van der Waals surface area contributed by atoms with Crippen LogP contribution in [0, 0.1) is 10.4 Å². The third-order valence-electron chi connectivity index (χ3n) is 4.90. The number of hydroxylamine groups is 2. The summed E-state index contributed by atoms with van der Waals surface area (Å²) in [7, 11) is 0. The molecule has 2 aliphatic carbocycles. The zero-order valence-corrected chi connectivity index (χ0v) is 13.8. The van der Waals surface area contributed by atoms with Crippen LogP contribution in [0.3, 0.4) is 0 Å². The highest BCUT2D eigenvalue weighted by Crippen LogP contribution is 2.38. The molecule has 0 aromatic rings. The number of alkyl halides is 2. The van der Waals surface area contributed by atoms with Crippen LogP contribution in [-0.2, 0) is 0 Å². The van der Waals surface area contributed by atoms with E-state index in [1.54, 1.807) is 0 Å². The molecule has 4 nitrogen and oxygen atoms in total. The lowest BCUT2D eigenvalue weighted by molar-refractivity contribution is -1.000. The topological polar surface area (TPSA) is 52.1 Å². The summed E-state index contributed by atoms with van der Waals surface area (Å²) in [5.41, 5.74) is 0. The van der Waals surface area contributed by atoms with E-state index in [9.17, 15) is 10.4 Å². The Balaban J connectivity index is 2.25. The van der Waals surface area contributed by atoms with E-state index in [1.165, 1.54) is 0 Å². The average molecular weight is 323 g/mol. The smallest absolute Gasteiger partial charge is 0.247 e. The van der Waals surface area contributed by atoms with Crippen LogP contribution in [0.15, 0.2) is 0 Å². The molecule has 0 aliphatic heterocycles. The summed E-state index contributed by atoms with van der Waals surface area (Å²) in [5, 5.41) is 25.0. The Morgan fingerprint density at radius 1 is 0.800 bits per heavy atom. The van der Waals surface area contributed by atoms with E-state index in [0.717, 1.165) is 38.5 Å². The molecule has 0 radical (unpaired) electrons. The molecule has 2 rings (SSSR count). The largest absolute Gasteiger partial charge is 0.567 e. The monoisotopic (exact) mass is 322 g/mol. The Labute approximate surface area is 130 Å². The van der Waals surface area contributed by atoms with Gasteiger partial charge >= 0.3 is 0 Å². The van der Waals surface area contributed by atoms with Crippen molar-refractivity contribution >= 4 is 23.2 Å². The van der Waals surface area contributed by atoms with Gasteiger partial charge in [-0.1, -0.05) is 12.8 Å². The summed E-state index contributed by atoms with van der Waals surface area (Å²) in [4.78, 5) is -0.106. The first-order valence-electron chi connectivity index (χ1n) is 7.56. The van der Waals surface area contributed by atoms with Crippen LogP contribution < -0.4 is 0 Å². The number of halogens is 2. The first kappa shape index (κ1) is 16.2. The predicted octanol–water partition coefficient (Wildman–Crippen LogP) is 4.34. The van der Waals surface area contributed by atoms with Gasteiger partial charge in [-0.05, 0) is 39.5 Å². The van der Waals surface area contributed by atoms with Gasteiger partial charge in [0.25, 0.3) is 0 Å². The molecule has 0 amide bonds. The quantitative estimate of drug-likeness (QED) is 0.328. The number of nitrogens with zero attached hydrogens (tertiary/aromatic N) is 2. The van der Waals surface area contributed by atoms with Crippen molar-refractivity contribution in [2.75, 3.05) is 0 Å². The summed E-state index contributed by atoms with van der Waals surface area (Å²) >= 11 is 12.9. The lowest BCUT2D eigenvalue weighted by atomic mass is 9.84. The summed E-state index contributed by atoms with van der Waals surface area (Å²) in [5.74, 6) is 0. The first-order valence-corrected chi connectivity index (χ1v) is 8.32. The zero-order chi connectivity index (χ0) is 15.0. The second kappa shape index (κ2) is 5.88. The van der Waals surface area contributed by atoms with Gasteiger partial charge in [0.05, 0.1) is 0 Å². The highest BCUT2D eigenvalue weighted by Gasteiger charge is 2.49. The Kier molecular flexibility index (Phi) is 4.75. The van der Waals surface area contributed by atoms with Crippen molar-refractivity contribution in [3.8, 4) is 0 Å². The minimum Gasteiger partial charge on any atom is -0.567 e. The van der Waals surface area contributed by atoms with Crippen molar-refractivity contribution in [3.05, 3.63) is 10.4 Å². The van der Waals surface area contributed by atoms with Gasteiger partial charge in [0.1, 0.15) is 9.75 Å². The van der Waals surface area contributed by atoms with Gasteiger partial charge in [0.2, 0.25) is 12.1 Å². The van der Waals surface area contributed by atoms with E-state index in [4.69, 9.17) is 23.2 Å². The van der Waals surface area contributed by atoms with Crippen LogP contribution in [0.5, 0.6) is 0 Å². The predicted molar refractivity (Wildman–Crippen MR) is 80.3 cm³/mol. The van der Waals surface area contributed by atoms with Crippen molar-refractivity contribution in [1.29, 1.82) is 0 Å². The maximum Gasteiger partial charge on any atom is 0.247 e. The summed E-state index contributed by atoms with van der Waals surface area (Å²) < 4.78 is 0. The lowest BCUT2D eigenvalue weighted by Gasteiger charge is -2.35. The maximum atomic E-state index is 12.5. The van der Waals surface area contributed by atoms with E-state index in [1.807, 2.05) is 13.8 Å². The van der Waals surface area contributed by atoms with Gasteiger partial charge in [-0.3, -0.25) is 0 Å². The first-order chi connectivity index (χ1) is 9.26. The van der Waals surface area contributed by atoms with Crippen LogP contribution >= 0.6 is 23.2 Å². The van der Waals surface area contributed by atoms with Gasteiger partial charge in [-0.2, -0.15) is 0 Å². The van der Waals surface area contributed by atoms with E-state index in [2.05, 4.69) is 0 Å². The van der Waals surface area contributed by atoms with Gasteiger partial charge in [0.15, 0.2) is 0 Å². The van der Waals surface area contributed by atoms with Crippen molar-refractivity contribution in [1.82, 2.24) is 0 Å². The molecule has 0 bridgehead atoms. The summed E-state index contributed by atoms with van der Waals surface area (Å²) in [6.07, 6.45) is 6.82. The van der Waals surface area contributed by atoms with Crippen molar-refractivity contribution in [3.63, 3.8) is 0 Å². The molecule has 0 saturated heterocycles. The fourth-order valence-electron chi connectivity index (χ4n) is 3.51. The Hall–Kier alpha value is -0.220. The molecule has 0 aromatic heterocycles. The Morgan fingerprint density at radius 3 is 1.45 bits per heavy atom. The molecule has 0 N–H and O–H groups in total. The highest BCUT2D eigenvalue weighted by molar-refractivity contribution is 6.24. The van der Waals surface area contributed by atoms with Crippen molar-refractivity contribution in [2.45, 2.75) is 87.0 Å². The molecule has 2 saturated carbocycles. The fourth-order valence-corrected chi connectivity index (χ4v) is 4.16. The van der Waals surface area contributed by atoms with E-state index in [-0.39, 0.29) is 0 Å². The van der Waals surface area contributed by atoms with Crippen molar-refractivity contribution < 1.29 is 9.72 Å². The highest BCUT2D eigenvalue weighted by atomic mass is 35.5. The lowest BCUT2D eigenvalue weighted by Crippen LogP contribution is -2.51. The maximum absolute atomic E-state index is 12.5. The summed E-state index contributed by atoms with van der Waals surface area (Å²) in [6.45, 7) is 3.72. The standard InChI is InChI=1S/C14H24Cl2N2O2/c1-13(15)9-5-3-7-11(13)17(19)18(20)12-8-4-6-10-14(12,2)16/h11-12H,3-10H2,1-2H3/b18-17+. The van der Waals surface area contributed by atoms with Gasteiger partial charge in [-0.15, -0.1) is 23.2 Å². The summed E-state index contributed by atoms with van der Waals surface area (Å²) in [6, 6.07) is -0.908. The van der Waals surface area contributed by atoms with E-state index >= 15 is 0 Å². The van der Waals surface area contributed by atoms with E-state index in [0.29, 0.717) is 22.6 Å². The molecular weight excluding hydrogens is 299 g/mol. The fraction of sp³-hybridized carbons (Fsp3) is 1.00. The molecule has 0 aromatic carbocycles. The molecule has 4 atom stereocenters. The molecule has 0 spiro atoms. The van der Waals surface area contributed by atoms with Crippen LogP contribution in [0.2, 0.25) is 0 Å². The number of hydrogen-bond acceptors (Lipinski definition) is 2. The van der Waals surface area contributed by atoms with Crippen LogP contribution in [0.4, 0.5) is 0 Å². The number of azo groups is 1. The Morgan fingerprint density at radius 2 is 1.15 bits per heavy atom.